The molecular weight excluding hydrogens is 228 g/mol. The van der Waals surface area contributed by atoms with Gasteiger partial charge >= 0.3 is 0 Å². The third-order valence-electron chi connectivity index (χ3n) is 2.48. The first-order chi connectivity index (χ1) is 8.72. The van der Waals surface area contributed by atoms with Crippen molar-refractivity contribution in [2.45, 2.75) is 6.42 Å². The van der Waals surface area contributed by atoms with Crippen molar-refractivity contribution < 1.29 is 4.74 Å². The number of rotatable bonds is 3. The number of nitrogens with zero attached hydrogens (tertiary/aromatic N) is 3. The topological polar surface area (TPSA) is 84.8 Å². The van der Waals surface area contributed by atoms with Crippen molar-refractivity contribution >= 4 is 5.82 Å². The number of hydrogen-bond donors (Lipinski definition) is 1. The lowest BCUT2D eigenvalue weighted by Crippen LogP contribution is -2.02. The van der Waals surface area contributed by atoms with Crippen molar-refractivity contribution in [1.82, 2.24) is 9.97 Å². The highest BCUT2D eigenvalue weighted by Gasteiger charge is 2.05. The van der Waals surface area contributed by atoms with E-state index < -0.39 is 0 Å². The maximum absolute atomic E-state index is 8.74. The van der Waals surface area contributed by atoms with Crippen molar-refractivity contribution in [3.05, 3.63) is 47.4 Å². The molecule has 0 saturated heterocycles. The van der Waals surface area contributed by atoms with Crippen LogP contribution >= 0.6 is 0 Å². The summed E-state index contributed by atoms with van der Waals surface area (Å²) in [4.78, 5) is 8.20. The molecular formula is C13H12N4O. The second-order valence-corrected chi connectivity index (χ2v) is 3.73. The Balaban J connectivity index is 2.23. The third-order valence-corrected chi connectivity index (χ3v) is 2.48. The number of aromatic nitrogens is 2. The Morgan fingerprint density at radius 2 is 2.28 bits per heavy atom. The fraction of sp³-hybridized carbons (Fsp3) is 0.154. The largest absolute Gasteiger partial charge is 0.497 e. The van der Waals surface area contributed by atoms with Gasteiger partial charge in [0.1, 0.15) is 29.0 Å². The number of nitrogens with two attached hydrogens (primary N) is 1. The Labute approximate surface area is 105 Å². The fourth-order valence-corrected chi connectivity index (χ4v) is 1.57. The van der Waals surface area contributed by atoms with Gasteiger partial charge in [0.15, 0.2) is 0 Å². The summed E-state index contributed by atoms with van der Waals surface area (Å²) in [7, 11) is 1.62. The lowest BCUT2D eigenvalue weighted by Gasteiger charge is -2.04. The van der Waals surface area contributed by atoms with Gasteiger partial charge in [-0.3, -0.25) is 0 Å². The van der Waals surface area contributed by atoms with Crippen LogP contribution in [-0.4, -0.2) is 17.1 Å². The minimum atomic E-state index is 0.213. The first kappa shape index (κ1) is 11.9. The number of benzene rings is 1. The van der Waals surface area contributed by atoms with Crippen LogP contribution < -0.4 is 10.5 Å². The van der Waals surface area contributed by atoms with Crippen molar-refractivity contribution in [3.8, 4) is 11.8 Å². The second kappa shape index (κ2) is 5.15. The normalized spacial score (nSPS) is 9.78. The molecule has 2 rings (SSSR count). The predicted molar refractivity (Wildman–Crippen MR) is 67.0 cm³/mol. The average molecular weight is 240 g/mol. The Morgan fingerprint density at radius 3 is 2.94 bits per heavy atom. The molecule has 1 aromatic carbocycles. The summed E-state index contributed by atoms with van der Waals surface area (Å²) in [6.45, 7) is 0. The number of ether oxygens (including phenoxy) is 1. The van der Waals surface area contributed by atoms with E-state index in [0.717, 1.165) is 11.3 Å². The molecule has 0 spiro atoms. The summed E-state index contributed by atoms with van der Waals surface area (Å²) in [5.41, 5.74) is 6.97. The lowest BCUT2D eigenvalue weighted by atomic mass is 10.1. The summed E-state index contributed by atoms with van der Waals surface area (Å²) >= 11 is 0. The fourth-order valence-electron chi connectivity index (χ4n) is 1.57. The monoisotopic (exact) mass is 240 g/mol. The standard InChI is InChI=1S/C13H12N4O/c1-18-11-4-2-3-9(5-11)6-12-16-8-10(7-14)13(15)17-12/h2-5,8H,6H2,1H3,(H2,15,16,17). The summed E-state index contributed by atoms with van der Waals surface area (Å²) < 4.78 is 5.14. The molecule has 18 heavy (non-hydrogen) atoms. The molecule has 0 aliphatic heterocycles. The van der Waals surface area contributed by atoms with Gasteiger partial charge in [0, 0.05) is 6.42 Å². The molecule has 0 fully saturated rings. The summed E-state index contributed by atoms with van der Waals surface area (Å²) in [5.74, 6) is 1.58. The van der Waals surface area contributed by atoms with Gasteiger partial charge in [0.05, 0.1) is 13.3 Å². The van der Waals surface area contributed by atoms with E-state index in [4.69, 9.17) is 15.7 Å². The van der Waals surface area contributed by atoms with Crippen LogP contribution in [0.25, 0.3) is 0 Å². The Hall–Kier alpha value is -2.61. The van der Waals surface area contributed by atoms with Crippen LogP contribution in [0.4, 0.5) is 5.82 Å². The third kappa shape index (κ3) is 2.55. The van der Waals surface area contributed by atoms with Crippen LogP contribution in [0.3, 0.4) is 0 Å². The van der Waals surface area contributed by atoms with E-state index in [-0.39, 0.29) is 5.82 Å². The zero-order valence-electron chi connectivity index (χ0n) is 9.92. The van der Waals surface area contributed by atoms with Crippen LogP contribution in [0.2, 0.25) is 0 Å². The highest BCUT2D eigenvalue weighted by molar-refractivity contribution is 5.46. The van der Waals surface area contributed by atoms with Crippen molar-refractivity contribution in [2.24, 2.45) is 0 Å². The number of hydrogen-bond acceptors (Lipinski definition) is 5. The van der Waals surface area contributed by atoms with Gasteiger partial charge in [-0.1, -0.05) is 12.1 Å². The van der Waals surface area contributed by atoms with E-state index in [1.54, 1.807) is 7.11 Å². The van der Waals surface area contributed by atoms with Crippen LogP contribution in [-0.2, 0) is 6.42 Å². The van der Waals surface area contributed by atoms with E-state index in [9.17, 15) is 0 Å². The molecule has 1 heterocycles. The number of methoxy groups -OCH3 is 1. The summed E-state index contributed by atoms with van der Waals surface area (Å²) in [6.07, 6.45) is 1.99. The summed E-state index contributed by atoms with van der Waals surface area (Å²) in [5, 5.41) is 8.74. The molecule has 2 aromatic rings. The second-order valence-electron chi connectivity index (χ2n) is 3.73. The zero-order chi connectivity index (χ0) is 13.0. The van der Waals surface area contributed by atoms with Crippen molar-refractivity contribution in [3.63, 3.8) is 0 Å². The highest BCUT2D eigenvalue weighted by Crippen LogP contribution is 2.15. The lowest BCUT2D eigenvalue weighted by molar-refractivity contribution is 0.414. The molecule has 2 N–H and O–H groups in total. The van der Waals surface area contributed by atoms with E-state index in [1.807, 2.05) is 30.3 Å². The maximum atomic E-state index is 8.74. The van der Waals surface area contributed by atoms with Crippen LogP contribution in [0, 0.1) is 11.3 Å². The molecule has 0 saturated carbocycles. The van der Waals surface area contributed by atoms with Crippen LogP contribution in [0.5, 0.6) is 5.75 Å². The molecule has 5 nitrogen and oxygen atoms in total. The number of nitriles is 1. The molecule has 90 valence electrons. The maximum Gasteiger partial charge on any atom is 0.145 e. The summed E-state index contributed by atoms with van der Waals surface area (Å²) in [6, 6.07) is 9.58. The van der Waals surface area contributed by atoms with Gasteiger partial charge in [0.2, 0.25) is 0 Å². The van der Waals surface area contributed by atoms with Gasteiger partial charge in [-0.15, -0.1) is 0 Å². The van der Waals surface area contributed by atoms with Crippen LogP contribution in [0.15, 0.2) is 30.5 Å². The van der Waals surface area contributed by atoms with Gasteiger partial charge in [-0.05, 0) is 17.7 Å². The van der Waals surface area contributed by atoms with E-state index in [2.05, 4.69) is 9.97 Å². The van der Waals surface area contributed by atoms with Gasteiger partial charge in [0.25, 0.3) is 0 Å². The van der Waals surface area contributed by atoms with Crippen molar-refractivity contribution in [1.29, 1.82) is 5.26 Å². The highest BCUT2D eigenvalue weighted by atomic mass is 16.5. The van der Waals surface area contributed by atoms with Crippen LogP contribution in [0.1, 0.15) is 17.0 Å². The van der Waals surface area contributed by atoms with Gasteiger partial charge in [-0.2, -0.15) is 5.26 Å². The SMILES string of the molecule is COc1cccc(Cc2ncc(C#N)c(N)n2)c1. The van der Waals surface area contributed by atoms with Gasteiger partial charge in [-0.25, -0.2) is 9.97 Å². The van der Waals surface area contributed by atoms with E-state index in [1.165, 1.54) is 6.20 Å². The van der Waals surface area contributed by atoms with Gasteiger partial charge < -0.3 is 10.5 Å². The van der Waals surface area contributed by atoms with E-state index in [0.29, 0.717) is 17.8 Å². The molecule has 0 amide bonds. The molecule has 0 unspecified atom stereocenters. The molecule has 0 atom stereocenters. The van der Waals surface area contributed by atoms with E-state index >= 15 is 0 Å². The van der Waals surface area contributed by atoms with Crippen molar-refractivity contribution in [2.75, 3.05) is 12.8 Å². The minimum absolute atomic E-state index is 0.213. The molecule has 0 aliphatic carbocycles. The molecule has 0 radical (unpaired) electrons. The predicted octanol–water partition coefficient (Wildman–Crippen LogP) is 1.53. The zero-order valence-corrected chi connectivity index (χ0v) is 9.92. The molecule has 1 aromatic heterocycles. The Kier molecular flexibility index (Phi) is 3.39. The number of anilines is 1. The minimum Gasteiger partial charge on any atom is -0.497 e. The first-order valence-corrected chi connectivity index (χ1v) is 5.37. The molecule has 0 bridgehead atoms. The first-order valence-electron chi connectivity index (χ1n) is 5.37. The molecule has 0 aliphatic rings. The number of nitrogen functional groups attached to an aromatic ring is 1. The average Bonchev–Trinajstić information content (AvgIpc) is 2.39. The molecule has 5 heteroatoms. The quantitative estimate of drug-likeness (QED) is 0.879. The Morgan fingerprint density at radius 1 is 1.44 bits per heavy atom. The smallest absolute Gasteiger partial charge is 0.145 e. The Bertz CT molecular complexity index is 604.